The zero-order valence-electron chi connectivity index (χ0n) is 11.5. The van der Waals surface area contributed by atoms with Crippen LogP contribution < -0.4 is 5.32 Å². The van der Waals surface area contributed by atoms with Crippen LogP contribution in [0.5, 0.6) is 0 Å². The van der Waals surface area contributed by atoms with Crippen molar-refractivity contribution in [3.05, 3.63) is 17.5 Å². The lowest BCUT2D eigenvalue weighted by molar-refractivity contribution is 0.101. The number of nitrogens with zero attached hydrogens (tertiary/aromatic N) is 2. The normalized spacial score (nSPS) is 11.4. The maximum absolute atomic E-state index is 5.57. The molecule has 0 aliphatic carbocycles. The summed E-state index contributed by atoms with van der Waals surface area (Å²) in [5.74, 6) is 0.595. The van der Waals surface area contributed by atoms with E-state index >= 15 is 0 Å². The molecule has 0 bridgehead atoms. The molecule has 0 saturated heterocycles. The van der Waals surface area contributed by atoms with Gasteiger partial charge in [0, 0.05) is 24.4 Å². The van der Waals surface area contributed by atoms with E-state index in [0.717, 1.165) is 32.8 Å². The summed E-state index contributed by atoms with van der Waals surface area (Å²) in [5, 5.41) is 7.70. The molecule has 4 nitrogen and oxygen atoms in total. The van der Waals surface area contributed by atoms with Crippen LogP contribution >= 0.6 is 0 Å². The Balaban J connectivity index is 2.35. The van der Waals surface area contributed by atoms with Crippen LogP contribution in [0.3, 0.4) is 0 Å². The van der Waals surface area contributed by atoms with Crippen molar-refractivity contribution in [2.45, 2.75) is 40.8 Å². The predicted octanol–water partition coefficient (Wildman–Crippen LogP) is 1.97. The lowest BCUT2D eigenvalue weighted by Crippen LogP contribution is -2.14. The van der Waals surface area contributed by atoms with E-state index in [1.807, 2.05) is 10.9 Å². The summed E-state index contributed by atoms with van der Waals surface area (Å²) in [6, 6.07) is 0. The lowest BCUT2D eigenvalue weighted by Gasteiger charge is -2.08. The monoisotopic (exact) mass is 239 g/mol. The van der Waals surface area contributed by atoms with E-state index in [-0.39, 0.29) is 0 Å². The van der Waals surface area contributed by atoms with Gasteiger partial charge in [0.05, 0.1) is 19.3 Å². The van der Waals surface area contributed by atoms with Crippen LogP contribution in [-0.4, -0.2) is 29.5 Å². The first-order valence-corrected chi connectivity index (χ1v) is 6.44. The van der Waals surface area contributed by atoms with E-state index in [4.69, 9.17) is 4.74 Å². The second kappa shape index (κ2) is 7.45. The largest absolute Gasteiger partial charge is 0.379 e. The van der Waals surface area contributed by atoms with E-state index < -0.39 is 0 Å². The summed E-state index contributed by atoms with van der Waals surface area (Å²) in [7, 11) is 0. The highest BCUT2D eigenvalue weighted by Crippen LogP contribution is 2.06. The van der Waals surface area contributed by atoms with Crippen LogP contribution in [0.25, 0.3) is 0 Å². The van der Waals surface area contributed by atoms with Crippen molar-refractivity contribution >= 4 is 0 Å². The van der Waals surface area contributed by atoms with E-state index in [1.165, 1.54) is 11.3 Å². The first-order valence-electron chi connectivity index (χ1n) is 6.44. The van der Waals surface area contributed by atoms with E-state index in [2.05, 4.69) is 38.1 Å². The Morgan fingerprint density at radius 1 is 1.47 bits per heavy atom. The van der Waals surface area contributed by atoms with Crippen molar-refractivity contribution < 1.29 is 4.74 Å². The van der Waals surface area contributed by atoms with Gasteiger partial charge >= 0.3 is 0 Å². The van der Waals surface area contributed by atoms with Crippen molar-refractivity contribution in [3.8, 4) is 0 Å². The SMILES string of the molecule is CCNCc1cnn(CCOCC(C)C)c1C. The van der Waals surface area contributed by atoms with Crippen molar-refractivity contribution in [1.82, 2.24) is 15.1 Å². The fourth-order valence-corrected chi connectivity index (χ4v) is 1.61. The molecular formula is C13H25N3O. The number of hydrogen-bond donors (Lipinski definition) is 1. The van der Waals surface area contributed by atoms with Gasteiger partial charge in [0.1, 0.15) is 0 Å². The smallest absolute Gasteiger partial charge is 0.0662 e. The molecule has 0 atom stereocenters. The van der Waals surface area contributed by atoms with Crippen LogP contribution in [0.2, 0.25) is 0 Å². The van der Waals surface area contributed by atoms with Crippen molar-refractivity contribution in [2.24, 2.45) is 5.92 Å². The molecule has 17 heavy (non-hydrogen) atoms. The summed E-state index contributed by atoms with van der Waals surface area (Å²) in [5.41, 5.74) is 2.51. The Morgan fingerprint density at radius 3 is 2.88 bits per heavy atom. The highest BCUT2D eigenvalue weighted by atomic mass is 16.5. The molecule has 1 aromatic heterocycles. The predicted molar refractivity (Wildman–Crippen MR) is 70.0 cm³/mol. The Morgan fingerprint density at radius 2 is 2.24 bits per heavy atom. The first kappa shape index (κ1) is 14.2. The molecule has 4 heteroatoms. The Hall–Kier alpha value is -0.870. The summed E-state index contributed by atoms with van der Waals surface area (Å²) in [6.07, 6.45) is 1.94. The van der Waals surface area contributed by atoms with Gasteiger partial charge in [-0.2, -0.15) is 5.10 Å². The molecular weight excluding hydrogens is 214 g/mol. The van der Waals surface area contributed by atoms with Gasteiger partial charge in [-0.15, -0.1) is 0 Å². The molecule has 0 spiro atoms. The van der Waals surface area contributed by atoms with Gasteiger partial charge in [0.15, 0.2) is 0 Å². The number of aromatic nitrogens is 2. The lowest BCUT2D eigenvalue weighted by atomic mass is 10.2. The number of hydrogen-bond acceptors (Lipinski definition) is 3. The van der Waals surface area contributed by atoms with Crippen LogP contribution in [0.1, 0.15) is 32.0 Å². The summed E-state index contributed by atoms with van der Waals surface area (Å²) >= 11 is 0. The third-order valence-electron chi connectivity index (χ3n) is 2.67. The maximum Gasteiger partial charge on any atom is 0.0662 e. The zero-order chi connectivity index (χ0) is 12.7. The number of nitrogens with one attached hydrogen (secondary N) is 1. The van der Waals surface area contributed by atoms with Gasteiger partial charge < -0.3 is 10.1 Å². The van der Waals surface area contributed by atoms with Gasteiger partial charge in [-0.05, 0) is 19.4 Å². The van der Waals surface area contributed by atoms with Crippen LogP contribution in [0, 0.1) is 12.8 Å². The number of rotatable bonds is 8. The summed E-state index contributed by atoms with van der Waals surface area (Å²) < 4.78 is 7.59. The van der Waals surface area contributed by atoms with E-state index in [0.29, 0.717) is 5.92 Å². The second-order valence-electron chi connectivity index (χ2n) is 4.73. The quantitative estimate of drug-likeness (QED) is 0.705. The highest BCUT2D eigenvalue weighted by Gasteiger charge is 2.05. The third kappa shape index (κ3) is 4.88. The Bertz CT molecular complexity index is 320. The summed E-state index contributed by atoms with van der Waals surface area (Å²) in [4.78, 5) is 0. The molecule has 0 fully saturated rings. The van der Waals surface area contributed by atoms with E-state index in [9.17, 15) is 0 Å². The van der Waals surface area contributed by atoms with Crippen molar-refractivity contribution in [3.63, 3.8) is 0 Å². The molecule has 98 valence electrons. The summed E-state index contributed by atoms with van der Waals surface area (Å²) in [6.45, 7) is 12.8. The molecule has 0 aliphatic heterocycles. The van der Waals surface area contributed by atoms with Gasteiger partial charge in [0.2, 0.25) is 0 Å². The molecule has 0 aromatic carbocycles. The zero-order valence-corrected chi connectivity index (χ0v) is 11.5. The fourth-order valence-electron chi connectivity index (χ4n) is 1.61. The second-order valence-corrected chi connectivity index (χ2v) is 4.73. The van der Waals surface area contributed by atoms with Crippen LogP contribution in [0.15, 0.2) is 6.20 Å². The molecule has 0 aliphatic rings. The topological polar surface area (TPSA) is 39.1 Å². The minimum atomic E-state index is 0.595. The number of ether oxygens (including phenoxy) is 1. The molecule has 1 rings (SSSR count). The van der Waals surface area contributed by atoms with Crippen LogP contribution in [-0.2, 0) is 17.8 Å². The molecule has 0 saturated carbocycles. The molecule has 1 heterocycles. The molecule has 1 N–H and O–H groups in total. The molecule has 0 radical (unpaired) electrons. The average Bonchev–Trinajstić information content (AvgIpc) is 2.63. The van der Waals surface area contributed by atoms with Crippen molar-refractivity contribution in [1.29, 1.82) is 0 Å². The minimum Gasteiger partial charge on any atom is -0.379 e. The first-order chi connectivity index (χ1) is 8.15. The van der Waals surface area contributed by atoms with Gasteiger partial charge in [-0.25, -0.2) is 0 Å². The van der Waals surface area contributed by atoms with Gasteiger partial charge in [-0.3, -0.25) is 4.68 Å². The molecule has 1 aromatic rings. The average molecular weight is 239 g/mol. The van der Waals surface area contributed by atoms with Crippen molar-refractivity contribution in [2.75, 3.05) is 19.8 Å². The molecule has 0 amide bonds. The molecule has 0 unspecified atom stereocenters. The fraction of sp³-hybridized carbons (Fsp3) is 0.769. The van der Waals surface area contributed by atoms with E-state index in [1.54, 1.807) is 0 Å². The standard InChI is InChI=1S/C13H25N3O/c1-5-14-8-13-9-15-16(12(13)4)6-7-17-10-11(2)3/h9,11,14H,5-8,10H2,1-4H3. The van der Waals surface area contributed by atoms with Crippen LogP contribution in [0.4, 0.5) is 0 Å². The van der Waals surface area contributed by atoms with Gasteiger partial charge in [-0.1, -0.05) is 20.8 Å². The highest BCUT2D eigenvalue weighted by molar-refractivity contribution is 5.15. The van der Waals surface area contributed by atoms with Gasteiger partial charge in [0.25, 0.3) is 0 Å². The Labute approximate surface area is 104 Å². The minimum absolute atomic E-state index is 0.595. The third-order valence-corrected chi connectivity index (χ3v) is 2.67. The maximum atomic E-state index is 5.57. The Kier molecular flexibility index (Phi) is 6.22.